The second-order valence-electron chi connectivity index (χ2n) is 5.57. The van der Waals surface area contributed by atoms with Crippen molar-refractivity contribution < 1.29 is 9.53 Å². The topological polar surface area (TPSA) is 44.1 Å². The van der Waals surface area contributed by atoms with Crippen molar-refractivity contribution in [3.05, 3.63) is 66.2 Å². The summed E-state index contributed by atoms with van der Waals surface area (Å²) in [5.41, 5.74) is 2.33. The van der Waals surface area contributed by atoms with E-state index in [1.165, 1.54) is 17.9 Å². The molecule has 0 bridgehead atoms. The van der Waals surface area contributed by atoms with E-state index < -0.39 is 0 Å². The second-order valence-corrected chi connectivity index (χ2v) is 5.57. The Morgan fingerprint density at radius 3 is 2.65 bits per heavy atom. The lowest BCUT2D eigenvalue weighted by Gasteiger charge is -2.20. The van der Waals surface area contributed by atoms with Crippen LogP contribution in [0.2, 0.25) is 0 Å². The van der Waals surface area contributed by atoms with Crippen LogP contribution in [0.4, 0.5) is 0 Å². The van der Waals surface area contributed by atoms with E-state index in [2.05, 4.69) is 36.2 Å². The minimum atomic E-state index is -0.336. The summed E-state index contributed by atoms with van der Waals surface area (Å²) in [4.78, 5) is 15.6. The first kappa shape index (κ1) is 15.3. The van der Waals surface area contributed by atoms with Gasteiger partial charge < -0.3 is 9.30 Å². The summed E-state index contributed by atoms with van der Waals surface area (Å²) in [5.74, 6) is -0.279. The lowest BCUT2D eigenvalue weighted by atomic mass is 9.95. The molecule has 118 valence electrons. The first-order valence-corrected chi connectivity index (χ1v) is 7.82. The molecule has 4 nitrogen and oxygen atoms in total. The fourth-order valence-corrected chi connectivity index (χ4v) is 2.96. The molecule has 0 fully saturated rings. The van der Waals surface area contributed by atoms with Crippen molar-refractivity contribution in [2.45, 2.75) is 32.9 Å². The molecule has 1 unspecified atom stereocenters. The lowest BCUT2D eigenvalue weighted by Crippen LogP contribution is -2.15. The zero-order valence-electron chi connectivity index (χ0n) is 13.4. The SMILES string of the molecule is CCc1ccc(C(Cn2ccnc2)OC(C)=O)c2ccccc12. The van der Waals surface area contributed by atoms with Gasteiger partial charge in [-0.05, 0) is 22.8 Å². The fraction of sp³-hybridized carbons (Fsp3) is 0.263. The minimum Gasteiger partial charge on any atom is -0.456 e. The van der Waals surface area contributed by atoms with Gasteiger partial charge in [0.25, 0.3) is 0 Å². The number of nitrogens with zero attached hydrogens (tertiary/aromatic N) is 2. The van der Waals surface area contributed by atoms with E-state index >= 15 is 0 Å². The Morgan fingerprint density at radius 2 is 2.00 bits per heavy atom. The van der Waals surface area contributed by atoms with Crippen LogP contribution in [0.15, 0.2) is 55.1 Å². The molecule has 0 aliphatic rings. The molecule has 0 radical (unpaired) electrons. The Bertz CT molecular complexity index is 809. The average Bonchev–Trinajstić information content (AvgIpc) is 3.06. The molecule has 3 rings (SSSR count). The molecule has 0 aliphatic carbocycles. The zero-order chi connectivity index (χ0) is 16.2. The molecule has 0 amide bonds. The van der Waals surface area contributed by atoms with Gasteiger partial charge in [-0.2, -0.15) is 0 Å². The van der Waals surface area contributed by atoms with Crippen molar-refractivity contribution in [3.63, 3.8) is 0 Å². The number of aryl methyl sites for hydroxylation is 1. The molecular weight excluding hydrogens is 288 g/mol. The summed E-state index contributed by atoms with van der Waals surface area (Å²) >= 11 is 0. The van der Waals surface area contributed by atoms with Crippen LogP contribution < -0.4 is 0 Å². The third-order valence-corrected chi connectivity index (χ3v) is 4.02. The molecule has 2 aromatic carbocycles. The van der Waals surface area contributed by atoms with Gasteiger partial charge >= 0.3 is 5.97 Å². The molecule has 3 aromatic rings. The Kier molecular flexibility index (Phi) is 4.42. The van der Waals surface area contributed by atoms with E-state index in [0.717, 1.165) is 17.4 Å². The molecule has 0 saturated carbocycles. The summed E-state index contributed by atoms with van der Waals surface area (Å²) in [6.45, 7) is 4.15. The van der Waals surface area contributed by atoms with Crippen LogP contribution in [0.3, 0.4) is 0 Å². The highest BCUT2D eigenvalue weighted by atomic mass is 16.5. The van der Waals surface area contributed by atoms with Gasteiger partial charge in [0.2, 0.25) is 0 Å². The molecular formula is C19H20N2O2. The summed E-state index contributed by atoms with van der Waals surface area (Å²) in [6, 6.07) is 12.5. The van der Waals surface area contributed by atoms with Crippen LogP contribution in [-0.4, -0.2) is 15.5 Å². The maximum absolute atomic E-state index is 11.6. The van der Waals surface area contributed by atoms with Crippen molar-refractivity contribution in [2.24, 2.45) is 0 Å². The summed E-state index contributed by atoms with van der Waals surface area (Å²) in [7, 11) is 0. The quantitative estimate of drug-likeness (QED) is 0.671. The Balaban J connectivity index is 2.08. The Hall–Kier alpha value is -2.62. The molecule has 0 spiro atoms. The highest BCUT2D eigenvalue weighted by molar-refractivity contribution is 5.89. The highest BCUT2D eigenvalue weighted by Gasteiger charge is 2.19. The largest absolute Gasteiger partial charge is 0.456 e. The van der Waals surface area contributed by atoms with Gasteiger partial charge in [0.15, 0.2) is 0 Å². The molecule has 23 heavy (non-hydrogen) atoms. The van der Waals surface area contributed by atoms with Crippen LogP contribution in [-0.2, 0) is 22.5 Å². The summed E-state index contributed by atoms with van der Waals surface area (Å²) < 4.78 is 7.53. The molecule has 1 atom stereocenters. The number of aromatic nitrogens is 2. The van der Waals surface area contributed by atoms with Crippen LogP contribution in [0.1, 0.15) is 31.1 Å². The van der Waals surface area contributed by atoms with Gasteiger partial charge in [-0.3, -0.25) is 4.79 Å². The van der Waals surface area contributed by atoms with E-state index in [0.29, 0.717) is 6.54 Å². The number of fused-ring (bicyclic) bond motifs is 1. The zero-order valence-corrected chi connectivity index (χ0v) is 13.4. The van der Waals surface area contributed by atoms with Gasteiger partial charge in [0.05, 0.1) is 12.9 Å². The normalized spacial score (nSPS) is 12.3. The number of esters is 1. The molecule has 0 saturated heterocycles. The van der Waals surface area contributed by atoms with Crippen LogP contribution >= 0.6 is 0 Å². The van der Waals surface area contributed by atoms with Crippen molar-refractivity contribution >= 4 is 16.7 Å². The first-order chi connectivity index (χ1) is 11.2. The third-order valence-electron chi connectivity index (χ3n) is 4.02. The standard InChI is InChI=1S/C19H20N2O2/c1-3-15-8-9-18(17-7-5-4-6-16(15)17)19(23-14(2)22)12-21-11-10-20-13-21/h4-11,13,19H,3,12H2,1-2H3. The van der Waals surface area contributed by atoms with Crippen molar-refractivity contribution in [1.82, 2.24) is 9.55 Å². The molecule has 0 aliphatic heterocycles. The number of rotatable bonds is 5. The van der Waals surface area contributed by atoms with Crippen molar-refractivity contribution in [1.29, 1.82) is 0 Å². The van der Waals surface area contributed by atoms with Gasteiger partial charge in [0, 0.05) is 24.9 Å². The maximum Gasteiger partial charge on any atom is 0.303 e. The number of imidazole rings is 1. The Morgan fingerprint density at radius 1 is 1.22 bits per heavy atom. The average molecular weight is 308 g/mol. The van der Waals surface area contributed by atoms with Gasteiger partial charge in [0.1, 0.15) is 6.10 Å². The second kappa shape index (κ2) is 6.65. The first-order valence-electron chi connectivity index (χ1n) is 7.82. The fourth-order valence-electron chi connectivity index (χ4n) is 2.96. The maximum atomic E-state index is 11.6. The van der Waals surface area contributed by atoms with Gasteiger partial charge in [-0.1, -0.05) is 43.3 Å². The van der Waals surface area contributed by atoms with Crippen LogP contribution in [0.5, 0.6) is 0 Å². The summed E-state index contributed by atoms with van der Waals surface area (Å²) in [6.07, 6.45) is 5.97. The van der Waals surface area contributed by atoms with Crippen LogP contribution in [0, 0.1) is 0 Å². The molecule has 1 heterocycles. The third kappa shape index (κ3) is 3.26. The lowest BCUT2D eigenvalue weighted by molar-refractivity contribution is -0.147. The van der Waals surface area contributed by atoms with E-state index in [1.54, 1.807) is 12.5 Å². The van der Waals surface area contributed by atoms with E-state index in [1.807, 2.05) is 22.9 Å². The van der Waals surface area contributed by atoms with E-state index in [-0.39, 0.29) is 12.1 Å². The number of carbonyl (C=O) groups excluding carboxylic acids is 1. The monoisotopic (exact) mass is 308 g/mol. The number of ether oxygens (including phenoxy) is 1. The van der Waals surface area contributed by atoms with E-state index in [4.69, 9.17) is 4.74 Å². The number of hydrogen-bond acceptors (Lipinski definition) is 3. The Labute approximate surface area is 135 Å². The minimum absolute atomic E-state index is 0.279. The number of hydrogen-bond donors (Lipinski definition) is 0. The highest BCUT2D eigenvalue weighted by Crippen LogP contribution is 2.30. The predicted octanol–water partition coefficient (Wildman–Crippen LogP) is 3.90. The number of carbonyl (C=O) groups is 1. The smallest absolute Gasteiger partial charge is 0.303 e. The summed E-state index contributed by atoms with van der Waals surface area (Å²) in [5, 5.41) is 2.36. The molecule has 0 N–H and O–H groups in total. The number of benzene rings is 2. The van der Waals surface area contributed by atoms with Gasteiger partial charge in [-0.15, -0.1) is 0 Å². The predicted molar refractivity (Wildman–Crippen MR) is 90.1 cm³/mol. The van der Waals surface area contributed by atoms with Gasteiger partial charge in [-0.25, -0.2) is 4.98 Å². The van der Waals surface area contributed by atoms with Crippen molar-refractivity contribution in [2.75, 3.05) is 0 Å². The van der Waals surface area contributed by atoms with Crippen LogP contribution in [0.25, 0.3) is 10.8 Å². The molecule has 1 aromatic heterocycles. The van der Waals surface area contributed by atoms with E-state index in [9.17, 15) is 4.79 Å². The molecule has 4 heteroatoms. The van der Waals surface area contributed by atoms with Crippen molar-refractivity contribution in [3.8, 4) is 0 Å².